The fourth-order valence-corrected chi connectivity index (χ4v) is 1.97. The summed E-state index contributed by atoms with van der Waals surface area (Å²) < 4.78 is 4.95. The van der Waals surface area contributed by atoms with Crippen LogP contribution in [0.1, 0.15) is 18.4 Å². The van der Waals surface area contributed by atoms with Crippen molar-refractivity contribution in [3.63, 3.8) is 0 Å². The zero-order valence-electron chi connectivity index (χ0n) is 10.1. The van der Waals surface area contributed by atoms with Gasteiger partial charge in [-0.3, -0.25) is 4.79 Å². The first kappa shape index (κ1) is 14.0. The summed E-state index contributed by atoms with van der Waals surface area (Å²) >= 11 is 0. The van der Waals surface area contributed by atoms with Gasteiger partial charge < -0.3 is 14.7 Å². The molecule has 0 radical (unpaired) electrons. The molecular formula is C11H18ClN3O2. The Bertz CT molecular complexity index is 381. The third-order valence-electron chi connectivity index (χ3n) is 2.83. The standard InChI is InChI=1S/C11H17N3O2.ClH/c1-8-7-12-3-4-14(8)11(15)6-10-5-9(2)16-13-10;/h5,8,12H,3-4,6-7H2,1-2H3;1H. The molecule has 1 aromatic rings. The predicted molar refractivity (Wildman–Crippen MR) is 66.2 cm³/mol. The van der Waals surface area contributed by atoms with Crippen LogP contribution in [0.15, 0.2) is 10.6 Å². The number of amides is 1. The van der Waals surface area contributed by atoms with Gasteiger partial charge in [0.15, 0.2) is 0 Å². The van der Waals surface area contributed by atoms with E-state index >= 15 is 0 Å². The lowest BCUT2D eigenvalue weighted by Gasteiger charge is -2.33. The predicted octanol–water partition coefficient (Wildman–Crippen LogP) is 0.768. The van der Waals surface area contributed by atoms with Gasteiger partial charge in [-0.25, -0.2) is 0 Å². The minimum Gasteiger partial charge on any atom is -0.361 e. The van der Waals surface area contributed by atoms with E-state index in [2.05, 4.69) is 17.4 Å². The van der Waals surface area contributed by atoms with E-state index in [1.807, 2.05) is 17.9 Å². The molecule has 0 aliphatic carbocycles. The largest absolute Gasteiger partial charge is 0.361 e. The van der Waals surface area contributed by atoms with E-state index < -0.39 is 0 Å². The average Bonchev–Trinajstić information content (AvgIpc) is 2.64. The molecule has 1 saturated heterocycles. The van der Waals surface area contributed by atoms with E-state index in [0.29, 0.717) is 12.1 Å². The molecule has 96 valence electrons. The summed E-state index contributed by atoms with van der Waals surface area (Å²) in [6.07, 6.45) is 0.335. The van der Waals surface area contributed by atoms with Gasteiger partial charge in [-0.15, -0.1) is 12.4 Å². The molecule has 2 heterocycles. The lowest BCUT2D eigenvalue weighted by Crippen LogP contribution is -2.52. The van der Waals surface area contributed by atoms with Crippen LogP contribution in [0.4, 0.5) is 0 Å². The Labute approximate surface area is 107 Å². The van der Waals surface area contributed by atoms with Crippen LogP contribution in [-0.2, 0) is 11.2 Å². The second-order valence-corrected chi connectivity index (χ2v) is 4.25. The van der Waals surface area contributed by atoms with Crippen molar-refractivity contribution >= 4 is 18.3 Å². The zero-order valence-corrected chi connectivity index (χ0v) is 10.9. The second kappa shape index (κ2) is 6.02. The van der Waals surface area contributed by atoms with Crippen LogP contribution in [-0.4, -0.2) is 41.6 Å². The van der Waals surface area contributed by atoms with E-state index in [1.165, 1.54) is 0 Å². The molecule has 1 aliphatic heterocycles. The topological polar surface area (TPSA) is 58.4 Å². The van der Waals surface area contributed by atoms with Crippen molar-refractivity contribution in [2.45, 2.75) is 26.3 Å². The highest BCUT2D eigenvalue weighted by atomic mass is 35.5. The van der Waals surface area contributed by atoms with E-state index in [0.717, 1.165) is 25.4 Å². The molecule has 6 heteroatoms. The molecule has 1 aliphatic rings. The summed E-state index contributed by atoms with van der Waals surface area (Å²) in [6, 6.07) is 2.07. The number of nitrogens with zero attached hydrogens (tertiary/aromatic N) is 2. The van der Waals surface area contributed by atoms with E-state index in [-0.39, 0.29) is 24.4 Å². The van der Waals surface area contributed by atoms with E-state index in [9.17, 15) is 4.79 Å². The number of aromatic nitrogens is 1. The van der Waals surface area contributed by atoms with Gasteiger partial charge in [0.1, 0.15) is 5.76 Å². The van der Waals surface area contributed by atoms with Crippen molar-refractivity contribution in [2.75, 3.05) is 19.6 Å². The van der Waals surface area contributed by atoms with Gasteiger partial charge in [-0.1, -0.05) is 5.16 Å². The third kappa shape index (κ3) is 3.44. The zero-order chi connectivity index (χ0) is 11.5. The van der Waals surface area contributed by atoms with Gasteiger partial charge in [0.25, 0.3) is 0 Å². The molecule has 1 N–H and O–H groups in total. The van der Waals surface area contributed by atoms with Gasteiger partial charge in [0.05, 0.1) is 12.1 Å². The first-order chi connectivity index (χ1) is 7.66. The number of aryl methyl sites for hydroxylation is 1. The molecular weight excluding hydrogens is 242 g/mol. The lowest BCUT2D eigenvalue weighted by molar-refractivity contribution is -0.133. The highest BCUT2D eigenvalue weighted by Gasteiger charge is 2.23. The minimum absolute atomic E-state index is 0. The van der Waals surface area contributed by atoms with Gasteiger partial charge >= 0.3 is 0 Å². The van der Waals surface area contributed by atoms with Crippen molar-refractivity contribution in [1.29, 1.82) is 0 Å². The number of nitrogens with one attached hydrogen (secondary N) is 1. The van der Waals surface area contributed by atoms with Crippen LogP contribution in [0.3, 0.4) is 0 Å². The van der Waals surface area contributed by atoms with Crippen molar-refractivity contribution in [3.8, 4) is 0 Å². The Morgan fingerprint density at radius 1 is 1.71 bits per heavy atom. The molecule has 0 bridgehead atoms. The lowest BCUT2D eigenvalue weighted by atomic mass is 10.2. The molecule has 2 rings (SSSR count). The Morgan fingerprint density at radius 3 is 3.06 bits per heavy atom. The molecule has 0 saturated carbocycles. The molecule has 1 atom stereocenters. The van der Waals surface area contributed by atoms with Crippen LogP contribution in [0.2, 0.25) is 0 Å². The van der Waals surface area contributed by atoms with Crippen LogP contribution >= 0.6 is 12.4 Å². The van der Waals surface area contributed by atoms with Crippen molar-refractivity contribution in [1.82, 2.24) is 15.4 Å². The number of piperazine rings is 1. The highest BCUT2D eigenvalue weighted by Crippen LogP contribution is 2.08. The maximum Gasteiger partial charge on any atom is 0.229 e. The smallest absolute Gasteiger partial charge is 0.229 e. The van der Waals surface area contributed by atoms with Gasteiger partial charge in [0.2, 0.25) is 5.91 Å². The molecule has 17 heavy (non-hydrogen) atoms. The van der Waals surface area contributed by atoms with Crippen molar-refractivity contribution in [3.05, 3.63) is 17.5 Å². The molecule has 0 aromatic carbocycles. The normalized spacial score (nSPS) is 19.9. The summed E-state index contributed by atoms with van der Waals surface area (Å²) in [5.41, 5.74) is 0.716. The monoisotopic (exact) mass is 259 g/mol. The SMILES string of the molecule is Cc1cc(CC(=O)N2CCNCC2C)no1.Cl. The van der Waals surface area contributed by atoms with Crippen LogP contribution in [0.25, 0.3) is 0 Å². The third-order valence-corrected chi connectivity index (χ3v) is 2.83. The Kier molecular flexibility index (Phi) is 4.96. The number of carbonyl (C=O) groups is 1. The number of carbonyl (C=O) groups excluding carboxylic acids is 1. The fraction of sp³-hybridized carbons (Fsp3) is 0.636. The first-order valence-corrected chi connectivity index (χ1v) is 5.59. The Balaban J connectivity index is 0.00000144. The fourth-order valence-electron chi connectivity index (χ4n) is 1.97. The molecule has 0 spiro atoms. The summed E-state index contributed by atoms with van der Waals surface area (Å²) in [7, 11) is 0. The van der Waals surface area contributed by atoms with Crippen LogP contribution < -0.4 is 5.32 Å². The van der Waals surface area contributed by atoms with Gasteiger partial charge in [-0.2, -0.15) is 0 Å². The Morgan fingerprint density at radius 2 is 2.47 bits per heavy atom. The summed E-state index contributed by atoms with van der Waals surface area (Å²) in [5.74, 6) is 0.874. The van der Waals surface area contributed by atoms with E-state index in [4.69, 9.17) is 4.52 Å². The Hall–Kier alpha value is -1.07. The number of rotatable bonds is 2. The minimum atomic E-state index is 0. The first-order valence-electron chi connectivity index (χ1n) is 5.59. The summed E-state index contributed by atoms with van der Waals surface area (Å²) in [5, 5.41) is 7.10. The van der Waals surface area contributed by atoms with Crippen molar-refractivity contribution in [2.24, 2.45) is 0 Å². The number of halogens is 1. The second-order valence-electron chi connectivity index (χ2n) is 4.25. The molecule has 1 amide bonds. The molecule has 1 fully saturated rings. The average molecular weight is 260 g/mol. The van der Waals surface area contributed by atoms with Crippen LogP contribution in [0, 0.1) is 6.92 Å². The quantitative estimate of drug-likeness (QED) is 0.852. The van der Waals surface area contributed by atoms with Gasteiger partial charge in [0, 0.05) is 31.7 Å². The van der Waals surface area contributed by atoms with E-state index in [1.54, 1.807) is 0 Å². The molecule has 1 unspecified atom stereocenters. The van der Waals surface area contributed by atoms with Crippen molar-refractivity contribution < 1.29 is 9.32 Å². The number of hydrogen-bond acceptors (Lipinski definition) is 4. The molecule has 5 nitrogen and oxygen atoms in total. The highest BCUT2D eigenvalue weighted by molar-refractivity contribution is 5.85. The van der Waals surface area contributed by atoms with Gasteiger partial charge in [-0.05, 0) is 13.8 Å². The summed E-state index contributed by atoms with van der Waals surface area (Å²) in [4.78, 5) is 13.9. The van der Waals surface area contributed by atoms with Crippen LogP contribution in [0.5, 0.6) is 0 Å². The maximum atomic E-state index is 12.0. The maximum absolute atomic E-state index is 12.0. The molecule has 1 aromatic heterocycles. The summed E-state index contributed by atoms with van der Waals surface area (Å²) in [6.45, 7) is 6.39. The number of hydrogen-bond donors (Lipinski definition) is 1.